The van der Waals surface area contributed by atoms with Gasteiger partial charge in [0, 0.05) is 0 Å². The smallest absolute Gasteiger partial charge is 0.185 e. The number of ether oxygens (including phenoxy) is 1. The Morgan fingerprint density at radius 3 is 2.12 bits per heavy atom. The molecule has 3 nitrogen and oxygen atoms in total. The van der Waals surface area contributed by atoms with Crippen molar-refractivity contribution in [3.63, 3.8) is 0 Å². The maximum atomic E-state index is 12.0. The normalized spacial score (nSPS) is 15.8. The molecular weight excluding hydrogens is 236 g/mol. The molecule has 1 aromatic carbocycles. The molecule has 17 heavy (non-hydrogen) atoms. The minimum atomic E-state index is -3.17. The predicted octanol–water partition coefficient (Wildman–Crippen LogP) is 2.50. The SMILES string of the molecule is CC.Cc1ccc(S(=O)(=O)C2COC2)cc1C. The highest BCUT2D eigenvalue weighted by atomic mass is 32.2. The molecule has 0 amide bonds. The van der Waals surface area contributed by atoms with Crippen LogP contribution in [0.1, 0.15) is 25.0 Å². The van der Waals surface area contributed by atoms with Crippen LogP contribution in [-0.2, 0) is 14.6 Å². The number of sulfone groups is 1. The van der Waals surface area contributed by atoms with Crippen LogP contribution in [0.3, 0.4) is 0 Å². The van der Waals surface area contributed by atoms with Crippen molar-refractivity contribution in [3.05, 3.63) is 29.3 Å². The van der Waals surface area contributed by atoms with Crippen molar-refractivity contribution in [1.29, 1.82) is 0 Å². The van der Waals surface area contributed by atoms with E-state index in [4.69, 9.17) is 4.74 Å². The lowest BCUT2D eigenvalue weighted by Gasteiger charge is -2.25. The summed E-state index contributed by atoms with van der Waals surface area (Å²) in [6.45, 7) is 8.55. The van der Waals surface area contributed by atoms with Gasteiger partial charge in [-0.05, 0) is 37.1 Å². The highest BCUT2D eigenvalue weighted by molar-refractivity contribution is 7.92. The Balaban J connectivity index is 0.000000686. The third-order valence-corrected chi connectivity index (χ3v) is 4.91. The average Bonchev–Trinajstić information content (AvgIpc) is 2.21. The first-order valence-corrected chi connectivity index (χ1v) is 7.45. The van der Waals surface area contributed by atoms with Gasteiger partial charge in [0.05, 0.1) is 18.1 Å². The van der Waals surface area contributed by atoms with Crippen LogP contribution in [0.15, 0.2) is 23.1 Å². The van der Waals surface area contributed by atoms with Crippen molar-refractivity contribution in [2.24, 2.45) is 0 Å². The summed E-state index contributed by atoms with van der Waals surface area (Å²) in [5, 5.41) is -0.348. The molecule has 0 atom stereocenters. The van der Waals surface area contributed by atoms with Crippen LogP contribution in [-0.4, -0.2) is 26.9 Å². The summed E-state index contributed by atoms with van der Waals surface area (Å²) in [6.07, 6.45) is 0. The van der Waals surface area contributed by atoms with Gasteiger partial charge in [0.1, 0.15) is 5.25 Å². The summed E-state index contributed by atoms with van der Waals surface area (Å²) in [6, 6.07) is 5.26. The first kappa shape index (κ1) is 14.2. The Bertz CT molecular complexity index is 473. The monoisotopic (exact) mass is 256 g/mol. The zero-order valence-corrected chi connectivity index (χ0v) is 11.7. The van der Waals surface area contributed by atoms with E-state index in [0.717, 1.165) is 11.1 Å². The summed E-state index contributed by atoms with van der Waals surface area (Å²) in [5.74, 6) is 0. The van der Waals surface area contributed by atoms with Gasteiger partial charge in [-0.3, -0.25) is 0 Å². The fraction of sp³-hybridized carbons (Fsp3) is 0.538. The largest absolute Gasteiger partial charge is 0.379 e. The van der Waals surface area contributed by atoms with Gasteiger partial charge in [-0.1, -0.05) is 19.9 Å². The van der Waals surface area contributed by atoms with Gasteiger partial charge in [-0.15, -0.1) is 0 Å². The highest BCUT2D eigenvalue weighted by Gasteiger charge is 2.33. The molecule has 0 unspecified atom stereocenters. The van der Waals surface area contributed by atoms with Gasteiger partial charge in [0.15, 0.2) is 9.84 Å². The molecule has 1 aliphatic rings. The maximum Gasteiger partial charge on any atom is 0.185 e. The molecule has 0 bridgehead atoms. The lowest BCUT2D eigenvalue weighted by atomic mass is 10.1. The Hall–Kier alpha value is -0.870. The summed E-state index contributed by atoms with van der Waals surface area (Å²) in [5.41, 5.74) is 2.12. The van der Waals surface area contributed by atoms with E-state index in [-0.39, 0.29) is 5.25 Å². The molecule has 0 aromatic heterocycles. The van der Waals surface area contributed by atoms with Crippen LogP contribution in [0.25, 0.3) is 0 Å². The molecule has 0 N–H and O–H groups in total. The van der Waals surface area contributed by atoms with E-state index in [1.807, 2.05) is 33.8 Å². The third-order valence-electron chi connectivity index (χ3n) is 2.85. The lowest BCUT2D eigenvalue weighted by molar-refractivity contribution is 0.0416. The standard InChI is InChI=1S/C11H14O3S.C2H6/c1-8-3-4-10(5-9(8)2)15(12,13)11-6-14-7-11;1-2/h3-5,11H,6-7H2,1-2H3;1-2H3. The molecule has 2 rings (SSSR count). The molecule has 4 heteroatoms. The van der Waals surface area contributed by atoms with Crippen LogP contribution in [0, 0.1) is 13.8 Å². The molecule has 0 aliphatic carbocycles. The molecule has 1 saturated heterocycles. The minimum Gasteiger partial charge on any atom is -0.379 e. The topological polar surface area (TPSA) is 43.4 Å². The van der Waals surface area contributed by atoms with Crippen LogP contribution in [0.2, 0.25) is 0 Å². The van der Waals surface area contributed by atoms with Crippen molar-refractivity contribution < 1.29 is 13.2 Å². The van der Waals surface area contributed by atoms with Gasteiger partial charge in [0.2, 0.25) is 0 Å². The second kappa shape index (κ2) is 5.65. The summed E-state index contributed by atoms with van der Waals surface area (Å²) >= 11 is 0. The Morgan fingerprint density at radius 1 is 1.12 bits per heavy atom. The molecule has 0 radical (unpaired) electrons. The lowest BCUT2D eigenvalue weighted by Crippen LogP contribution is -2.40. The molecule has 1 aliphatic heterocycles. The Kier molecular flexibility index (Phi) is 4.71. The van der Waals surface area contributed by atoms with E-state index in [1.165, 1.54) is 0 Å². The number of benzene rings is 1. The molecule has 1 fully saturated rings. The van der Waals surface area contributed by atoms with Gasteiger partial charge in [-0.2, -0.15) is 0 Å². The summed E-state index contributed by atoms with van der Waals surface area (Å²) in [4.78, 5) is 0.416. The molecule has 0 saturated carbocycles. The molecule has 1 aromatic rings. The second-order valence-corrected chi connectivity index (χ2v) is 6.18. The highest BCUT2D eigenvalue weighted by Crippen LogP contribution is 2.23. The summed E-state index contributed by atoms with van der Waals surface area (Å²) in [7, 11) is -3.17. The first-order chi connectivity index (χ1) is 8.01. The summed E-state index contributed by atoms with van der Waals surface area (Å²) < 4.78 is 28.9. The second-order valence-electron chi connectivity index (χ2n) is 3.95. The van der Waals surface area contributed by atoms with E-state index in [1.54, 1.807) is 12.1 Å². The van der Waals surface area contributed by atoms with Crippen molar-refractivity contribution in [2.75, 3.05) is 13.2 Å². The molecule has 96 valence electrons. The first-order valence-electron chi connectivity index (χ1n) is 5.91. The van der Waals surface area contributed by atoms with E-state index in [9.17, 15) is 8.42 Å². The van der Waals surface area contributed by atoms with Gasteiger partial charge >= 0.3 is 0 Å². The van der Waals surface area contributed by atoms with Gasteiger partial charge in [-0.25, -0.2) is 8.42 Å². The van der Waals surface area contributed by atoms with E-state index in [2.05, 4.69) is 0 Å². The van der Waals surface area contributed by atoms with Crippen LogP contribution < -0.4 is 0 Å². The number of hydrogen-bond acceptors (Lipinski definition) is 3. The average molecular weight is 256 g/mol. The van der Waals surface area contributed by atoms with Gasteiger partial charge in [0.25, 0.3) is 0 Å². The molecule has 0 spiro atoms. The van der Waals surface area contributed by atoms with Gasteiger partial charge < -0.3 is 4.74 Å². The predicted molar refractivity (Wildman–Crippen MR) is 69.1 cm³/mol. The van der Waals surface area contributed by atoms with E-state index >= 15 is 0 Å². The van der Waals surface area contributed by atoms with Crippen molar-refractivity contribution in [2.45, 2.75) is 37.8 Å². The zero-order chi connectivity index (χ0) is 13.1. The number of hydrogen-bond donors (Lipinski definition) is 0. The minimum absolute atomic E-state index is 0.329. The fourth-order valence-corrected chi connectivity index (χ4v) is 3.01. The Labute approximate surface area is 104 Å². The molecule has 1 heterocycles. The zero-order valence-electron chi connectivity index (χ0n) is 10.9. The van der Waals surface area contributed by atoms with Crippen LogP contribution in [0.5, 0.6) is 0 Å². The van der Waals surface area contributed by atoms with Crippen molar-refractivity contribution in [1.82, 2.24) is 0 Å². The van der Waals surface area contributed by atoms with Crippen LogP contribution in [0.4, 0.5) is 0 Å². The fourth-order valence-electron chi connectivity index (χ4n) is 1.48. The number of aryl methyl sites for hydroxylation is 2. The van der Waals surface area contributed by atoms with Crippen molar-refractivity contribution in [3.8, 4) is 0 Å². The quantitative estimate of drug-likeness (QED) is 0.816. The number of rotatable bonds is 2. The maximum absolute atomic E-state index is 12.0. The van der Waals surface area contributed by atoms with Crippen molar-refractivity contribution >= 4 is 9.84 Å². The van der Waals surface area contributed by atoms with Crippen LogP contribution >= 0.6 is 0 Å². The van der Waals surface area contributed by atoms with E-state index < -0.39 is 9.84 Å². The Morgan fingerprint density at radius 2 is 1.71 bits per heavy atom. The van der Waals surface area contributed by atoms with E-state index in [0.29, 0.717) is 18.1 Å². The third kappa shape index (κ3) is 2.87. The molecular formula is C13H20O3S.